The molecule has 0 unspecified atom stereocenters. The van der Waals surface area contributed by atoms with Gasteiger partial charge in [0.15, 0.2) is 12.4 Å². The van der Waals surface area contributed by atoms with Gasteiger partial charge in [-0.25, -0.2) is 0 Å². The monoisotopic (exact) mass is 354 g/mol. The highest BCUT2D eigenvalue weighted by atomic mass is 16.6. The molecule has 0 aliphatic heterocycles. The standard InChI is InChI=1S/C19H18N2O5/c1-12-7-8-15(21(23)24)18(9-12)25-11-19(22)20-13(2)17-10-14-5-3-4-6-16(14)26-17/h3-10,13H,11H2,1-2H3,(H,20,22)/t13-/m0/s1. The number of nitrogens with one attached hydrogen (secondary N) is 1. The molecule has 1 heterocycles. The van der Waals surface area contributed by atoms with Crippen LogP contribution in [0.25, 0.3) is 11.0 Å². The number of benzene rings is 2. The van der Waals surface area contributed by atoms with E-state index in [2.05, 4.69) is 5.32 Å². The van der Waals surface area contributed by atoms with Crippen LogP contribution in [0.2, 0.25) is 0 Å². The fourth-order valence-electron chi connectivity index (χ4n) is 2.60. The summed E-state index contributed by atoms with van der Waals surface area (Å²) in [7, 11) is 0. The minimum Gasteiger partial charge on any atom is -0.477 e. The molecule has 2 aromatic carbocycles. The first kappa shape index (κ1) is 17.5. The second kappa shape index (κ2) is 7.26. The fraction of sp³-hybridized carbons (Fsp3) is 0.211. The summed E-state index contributed by atoms with van der Waals surface area (Å²) in [4.78, 5) is 22.6. The molecule has 0 aliphatic carbocycles. The second-order valence-corrected chi connectivity index (χ2v) is 5.99. The molecule has 0 saturated heterocycles. The van der Waals surface area contributed by atoms with E-state index in [0.717, 1.165) is 16.5 Å². The molecule has 7 heteroatoms. The number of ether oxygens (including phenoxy) is 1. The van der Waals surface area contributed by atoms with Gasteiger partial charge in [0.1, 0.15) is 11.3 Å². The molecule has 1 atom stereocenters. The topological polar surface area (TPSA) is 94.6 Å². The van der Waals surface area contributed by atoms with Crippen molar-refractivity contribution in [1.29, 1.82) is 0 Å². The Labute approximate surface area is 149 Å². The minimum absolute atomic E-state index is 0.0709. The van der Waals surface area contributed by atoms with Gasteiger partial charge in [-0.2, -0.15) is 0 Å². The molecule has 1 N–H and O–H groups in total. The summed E-state index contributed by atoms with van der Waals surface area (Å²) in [5, 5.41) is 14.8. The number of carbonyl (C=O) groups is 1. The molecule has 26 heavy (non-hydrogen) atoms. The summed E-state index contributed by atoms with van der Waals surface area (Å²) in [5.41, 5.74) is 1.38. The van der Waals surface area contributed by atoms with E-state index < -0.39 is 10.8 Å². The Hall–Kier alpha value is -3.35. The quantitative estimate of drug-likeness (QED) is 0.535. The molecule has 0 radical (unpaired) electrons. The zero-order valence-electron chi connectivity index (χ0n) is 14.4. The van der Waals surface area contributed by atoms with E-state index in [4.69, 9.17) is 9.15 Å². The van der Waals surface area contributed by atoms with Gasteiger partial charge in [-0.3, -0.25) is 14.9 Å². The summed E-state index contributed by atoms with van der Waals surface area (Å²) in [6.07, 6.45) is 0. The number of hydrogen-bond donors (Lipinski definition) is 1. The maximum atomic E-state index is 12.1. The molecule has 0 fully saturated rings. The van der Waals surface area contributed by atoms with Gasteiger partial charge in [0.25, 0.3) is 5.91 Å². The van der Waals surface area contributed by atoms with E-state index in [1.165, 1.54) is 12.1 Å². The number of hydrogen-bond acceptors (Lipinski definition) is 5. The largest absolute Gasteiger partial charge is 0.477 e. The van der Waals surface area contributed by atoms with Gasteiger partial charge in [0, 0.05) is 11.5 Å². The van der Waals surface area contributed by atoms with Gasteiger partial charge in [-0.15, -0.1) is 0 Å². The summed E-state index contributed by atoms with van der Waals surface area (Å²) < 4.78 is 11.1. The van der Waals surface area contributed by atoms with Gasteiger partial charge >= 0.3 is 5.69 Å². The zero-order chi connectivity index (χ0) is 18.7. The molecular weight excluding hydrogens is 336 g/mol. The van der Waals surface area contributed by atoms with Gasteiger partial charge in [-0.05, 0) is 37.6 Å². The second-order valence-electron chi connectivity index (χ2n) is 5.99. The Bertz CT molecular complexity index is 930. The van der Waals surface area contributed by atoms with Crippen LogP contribution in [-0.4, -0.2) is 17.4 Å². The lowest BCUT2D eigenvalue weighted by Gasteiger charge is -2.12. The lowest BCUT2D eigenvalue weighted by Crippen LogP contribution is -2.31. The van der Waals surface area contributed by atoms with Crippen molar-refractivity contribution in [2.24, 2.45) is 0 Å². The van der Waals surface area contributed by atoms with Gasteiger partial charge in [0.2, 0.25) is 0 Å². The molecule has 0 aliphatic rings. The predicted molar refractivity (Wildman–Crippen MR) is 96.1 cm³/mol. The molecule has 134 valence electrons. The summed E-state index contributed by atoms with van der Waals surface area (Å²) in [5.74, 6) is 0.302. The number of para-hydroxylation sites is 1. The number of amides is 1. The smallest absolute Gasteiger partial charge is 0.310 e. The third-order valence-electron chi connectivity index (χ3n) is 3.92. The van der Waals surface area contributed by atoms with Gasteiger partial charge in [0.05, 0.1) is 11.0 Å². The first-order valence-corrected chi connectivity index (χ1v) is 8.09. The number of nitro benzene ring substituents is 1. The number of fused-ring (bicyclic) bond motifs is 1. The van der Waals surface area contributed by atoms with Crippen LogP contribution >= 0.6 is 0 Å². The van der Waals surface area contributed by atoms with Gasteiger partial charge < -0.3 is 14.5 Å². The Morgan fingerprint density at radius 3 is 2.77 bits per heavy atom. The van der Waals surface area contributed by atoms with Crippen molar-refractivity contribution >= 4 is 22.6 Å². The third kappa shape index (κ3) is 3.83. The van der Waals surface area contributed by atoms with Crippen LogP contribution in [0.4, 0.5) is 5.69 Å². The maximum Gasteiger partial charge on any atom is 0.310 e. The third-order valence-corrected chi connectivity index (χ3v) is 3.92. The maximum absolute atomic E-state index is 12.1. The Morgan fingerprint density at radius 1 is 1.27 bits per heavy atom. The zero-order valence-corrected chi connectivity index (χ0v) is 14.4. The summed E-state index contributed by atoms with van der Waals surface area (Å²) >= 11 is 0. The lowest BCUT2D eigenvalue weighted by molar-refractivity contribution is -0.385. The Morgan fingerprint density at radius 2 is 2.04 bits per heavy atom. The molecule has 0 bridgehead atoms. The van der Waals surface area contributed by atoms with Crippen molar-refractivity contribution in [3.63, 3.8) is 0 Å². The SMILES string of the molecule is Cc1ccc([N+](=O)[O-])c(OCC(=O)N[C@@H](C)c2cc3ccccc3o2)c1. The highest BCUT2D eigenvalue weighted by Gasteiger charge is 2.18. The summed E-state index contributed by atoms with van der Waals surface area (Å²) in [6, 6.07) is 13.6. The van der Waals surface area contributed by atoms with Crippen LogP contribution in [0.1, 0.15) is 24.3 Å². The van der Waals surface area contributed by atoms with Crippen molar-refractivity contribution in [2.75, 3.05) is 6.61 Å². The molecular formula is C19H18N2O5. The van der Waals surface area contributed by atoms with E-state index in [1.54, 1.807) is 19.9 Å². The van der Waals surface area contributed by atoms with Crippen LogP contribution in [-0.2, 0) is 4.79 Å². The molecule has 1 aromatic heterocycles. The highest BCUT2D eigenvalue weighted by molar-refractivity contribution is 5.80. The molecule has 1 amide bonds. The molecule has 3 aromatic rings. The van der Waals surface area contributed by atoms with Crippen LogP contribution in [0.5, 0.6) is 5.75 Å². The van der Waals surface area contributed by atoms with Crippen LogP contribution in [0.15, 0.2) is 52.9 Å². The lowest BCUT2D eigenvalue weighted by atomic mass is 10.2. The van der Waals surface area contributed by atoms with Crippen molar-refractivity contribution in [1.82, 2.24) is 5.32 Å². The number of nitro groups is 1. The Balaban J connectivity index is 1.64. The van der Waals surface area contributed by atoms with E-state index >= 15 is 0 Å². The predicted octanol–water partition coefficient (Wildman–Crippen LogP) is 3.91. The van der Waals surface area contributed by atoms with Crippen LogP contribution < -0.4 is 10.1 Å². The molecule has 3 rings (SSSR count). The van der Waals surface area contributed by atoms with E-state index in [-0.39, 0.29) is 24.1 Å². The fourth-order valence-corrected chi connectivity index (χ4v) is 2.60. The molecule has 7 nitrogen and oxygen atoms in total. The van der Waals surface area contributed by atoms with Crippen molar-refractivity contribution in [3.05, 3.63) is 70.0 Å². The number of nitrogens with zero attached hydrogens (tertiary/aromatic N) is 1. The molecule has 0 saturated carbocycles. The van der Waals surface area contributed by atoms with Gasteiger partial charge in [-0.1, -0.05) is 24.3 Å². The normalized spacial score (nSPS) is 11.9. The summed E-state index contributed by atoms with van der Waals surface area (Å²) in [6.45, 7) is 3.26. The average molecular weight is 354 g/mol. The van der Waals surface area contributed by atoms with Crippen LogP contribution in [0.3, 0.4) is 0 Å². The highest BCUT2D eigenvalue weighted by Crippen LogP contribution is 2.28. The first-order valence-electron chi connectivity index (χ1n) is 8.09. The van der Waals surface area contributed by atoms with E-state index in [1.807, 2.05) is 30.3 Å². The Kier molecular flexibility index (Phi) is 4.88. The number of furan rings is 1. The molecule has 0 spiro atoms. The number of aryl methyl sites for hydroxylation is 1. The van der Waals surface area contributed by atoms with Crippen molar-refractivity contribution < 1.29 is 18.9 Å². The average Bonchev–Trinajstić information content (AvgIpc) is 3.04. The van der Waals surface area contributed by atoms with Crippen molar-refractivity contribution in [3.8, 4) is 5.75 Å². The first-order chi connectivity index (χ1) is 12.4. The van der Waals surface area contributed by atoms with Crippen LogP contribution in [0, 0.1) is 17.0 Å². The van der Waals surface area contributed by atoms with E-state index in [0.29, 0.717) is 5.76 Å². The minimum atomic E-state index is -0.538. The number of rotatable bonds is 6. The number of carbonyl (C=O) groups excluding carboxylic acids is 1. The van der Waals surface area contributed by atoms with Crippen molar-refractivity contribution in [2.45, 2.75) is 19.9 Å². The van der Waals surface area contributed by atoms with E-state index in [9.17, 15) is 14.9 Å².